The highest BCUT2D eigenvalue weighted by atomic mass is 35.5. The number of halogens is 8. The van der Waals surface area contributed by atoms with E-state index in [4.69, 9.17) is 17.3 Å². The lowest BCUT2D eigenvalue weighted by molar-refractivity contribution is -0.140. The van der Waals surface area contributed by atoms with E-state index in [0.29, 0.717) is 28.3 Å². The molecule has 1 unspecified atom stereocenters. The van der Waals surface area contributed by atoms with Gasteiger partial charge in [-0.05, 0) is 32.4 Å². The molecule has 0 aromatic carbocycles. The first-order valence-corrected chi connectivity index (χ1v) is 12.8. The number of thiophene rings is 1. The number of alkyl halides is 7. The Hall–Kier alpha value is -3.73. The van der Waals surface area contributed by atoms with Gasteiger partial charge in [-0.3, -0.25) is 14.3 Å². The van der Waals surface area contributed by atoms with Crippen molar-refractivity contribution in [3.8, 4) is 11.1 Å². The number of nitrogens with one attached hydrogen (secondary N) is 1. The van der Waals surface area contributed by atoms with Crippen LogP contribution in [0.5, 0.6) is 0 Å². The lowest BCUT2D eigenvalue weighted by atomic mass is 10.0. The third kappa shape index (κ3) is 5.35. The second-order valence-corrected chi connectivity index (χ2v) is 10.0. The molecule has 0 radical (unpaired) electrons. The van der Waals surface area contributed by atoms with Gasteiger partial charge < -0.3 is 11.1 Å². The lowest BCUT2D eigenvalue weighted by Gasteiger charge is -2.17. The number of aryl methyl sites for hydroxylation is 1. The molecule has 1 atom stereocenters. The lowest BCUT2D eigenvalue weighted by Crippen LogP contribution is -2.27. The molecule has 0 aliphatic rings. The highest BCUT2D eigenvalue weighted by molar-refractivity contribution is 7.21. The van der Waals surface area contributed by atoms with Crippen molar-refractivity contribution in [3.63, 3.8) is 0 Å². The number of fused-ring (bicyclic) bond motifs is 1. The maximum absolute atomic E-state index is 13.8. The molecule has 0 fully saturated rings. The van der Waals surface area contributed by atoms with Crippen molar-refractivity contribution < 1.29 is 40.3 Å². The van der Waals surface area contributed by atoms with Crippen molar-refractivity contribution in [2.75, 3.05) is 5.32 Å². The number of nitrogens with zero attached hydrogens (tertiary/aromatic N) is 5. The Morgan fingerprint density at radius 2 is 1.83 bits per heavy atom. The van der Waals surface area contributed by atoms with Crippen molar-refractivity contribution in [2.45, 2.75) is 52.4 Å². The Kier molecular flexibility index (Phi) is 8.05. The van der Waals surface area contributed by atoms with Crippen molar-refractivity contribution >= 4 is 50.7 Å². The number of amides is 2. The number of nitrogens with two attached hydrogens (primary N) is 1. The molecular formula is C23H19ClF7N7O2S. The van der Waals surface area contributed by atoms with Gasteiger partial charge in [-0.15, -0.1) is 11.3 Å². The summed E-state index contributed by atoms with van der Waals surface area (Å²) in [5, 5.41) is 8.73. The maximum Gasteiger partial charge on any atom is 0.433 e. The number of carbonyl (C=O) groups excluding carboxylic acids is 2. The third-order valence-electron chi connectivity index (χ3n) is 6.19. The molecule has 0 aliphatic carbocycles. The smallest absolute Gasteiger partial charge is 0.365 e. The van der Waals surface area contributed by atoms with Crippen LogP contribution in [0.25, 0.3) is 21.3 Å². The van der Waals surface area contributed by atoms with Gasteiger partial charge >= 0.3 is 6.18 Å². The maximum atomic E-state index is 13.8. The van der Waals surface area contributed by atoms with E-state index < -0.39 is 63.9 Å². The fourth-order valence-corrected chi connectivity index (χ4v) is 5.49. The Balaban J connectivity index is 1.93. The van der Waals surface area contributed by atoms with E-state index >= 15 is 0 Å². The summed E-state index contributed by atoms with van der Waals surface area (Å²) in [4.78, 5) is 28.5. The minimum atomic E-state index is -4.89. The Labute approximate surface area is 235 Å². The van der Waals surface area contributed by atoms with Crippen molar-refractivity contribution in [2.24, 2.45) is 5.73 Å². The molecule has 41 heavy (non-hydrogen) atoms. The molecule has 0 saturated heterocycles. The molecule has 4 heterocycles. The zero-order valence-corrected chi connectivity index (χ0v) is 22.7. The number of pyridine rings is 1. The van der Waals surface area contributed by atoms with Crippen LogP contribution in [0.4, 0.5) is 36.4 Å². The van der Waals surface area contributed by atoms with E-state index in [2.05, 4.69) is 20.5 Å². The van der Waals surface area contributed by atoms with Crippen LogP contribution < -0.4 is 11.1 Å². The van der Waals surface area contributed by atoms with E-state index in [1.807, 2.05) is 0 Å². The van der Waals surface area contributed by atoms with E-state index in [0.717, 1.165) is 13.0 Å². The summed E-state index contributed by atoms with van der Waals surface area (Å²) >= 11 is 6.15. The fourth-order valence-electron chi connectivity index (χ4n) is 4.19. The second-order valence-electron chi connectivity index (χ2n) is 8.66. The van der Waals surface area contributed by atoms with Crippen molar-refractivity contribution in [1.82, 2.24) is 24.5 Å². The van der Waals surface area contributed by atoms with Gasteiger partial charge in [0.05, 0.1) is 16.9 Å². The molecule has 18 heteroatoms. The van der Waals surface area contributed by atoms with Gasteiger partial charge in [0.1, 0.15) is 32.8 Å². The molecule has 0 aliphatic heterocycles. The standard InChI is InChI=1S/C23H19ClF7N7O2S/c1-4-37-7(2)10(6-33-37)9-5-11(23(29,30)31)34-22-12(9)14(17(41-22)20(32)39)35-21(40)8(3)38-16(19(27)28)13(24)15(36-38)18(25)26/h5-6,8,18-19H,4H2,1-3H3,(H2,32,39)(H,35,40). The summed E-state index contributed by atoms with van der Waals surface area (Å²) in [5.74, 6) is -2.27. The first kappa shape index (κ1) is 30.2. The normalized spacial score (nSPS) is 13.0. The van der Waals surface area contributed by atoms with Gasteiger partial charge in [-0.25, -0.2) is 27.2 Å². The van der Waals surface area contributed by atoms with Crippen LogP contribution in [0.1, 0.15) is 65.2 Å². The average molecular weight is 626 g/mol. The summed E-state index contributed by atoms with van der Waals surface area (Å²) in [6.07, 6.45) is -10.3. The minimum Gasteiger partial charge on any atom is -0.365 e. The Morgan fingerprint density at radius 3 is 2.34 bits per heavy atom. The highest BCUT2D eigenvalue weighted by Gasteiger charge is 2.36. The molecule has 0 saturated carbocycles. The van der Waals surface area contributed by atoms with Crippen molar-refractivity contribution in [1.29, 1.82) is 0 Å². The molecule has 3 N–H and O–H groups in total. The largest absolute Gasteiger partial charge is 0.433 e. The van der Waals surface area contributed by atoms with Gasteiger partial charge in [0, 0.05) is 23.2 Å². The summed E-state index contributed by atoms with van der Waals surface area (Å²) in [7, 11) is 0. The second kappa shape index (κ2) is 10.9. The number of primary amides is 1. The molecular weight excluding hydrogens is 607 g/mol. The molecule has 2 amide bonds. The van der Waals surface area contributed by atoms with Crippen LogP contribution in [0.15, 0.2) is 12.3 Å². The van der Waals surface area contributed by atoms with E-state index in [1.54, 1.807) is 13.8 Å². The molecule has 220 valence electrons. The monoisotopic (exact) mass is 625 g/mol. The summed E-state index contributed by atoms with van der Waals surface area (Å²) in [5.41, 5.74) is 2.10. The van der Waals surface area contributed by atoms with Crippen LogP contribution in [0, 0.1) is 6.92 Å². The van der Waals surface area contributed by atoms with Crippen molar-refractivity contribution in [3.05, 3.63) is 44.9 Å². The van der Waals surface area contributed by atoms with Crippen LogP contribution >= 0.6 is 22.9 Å². The number of hydrogen-bond acceptors (Lipinski definition) is 6. The zero-order chi connectivity index (χ0) is 30.5. The van der Waals surface area contributed by atoms with Gasteiger partial charge in [0.25, 0.3) is 18.8 Å². The zero-order valence-electron chi connectivity index (χ0n) is 21.2. The molecule has 4 aromatic rings. The number of rotatable bonds is 8. The van der Waals surface area contributed by atoms with Gasteiger partial charge in [-0.1, -0.05) is 11.6 Å². The van der Waals surface area contributed by atoms with Crippen LogP contribution in [-0.2, 0) is 17.5 Å². The molecule has 0 spiro atoms. The van der Waals surface area contributed by atoms with Crippen LogP contribution in [0.2, 0.25) is 5.02 Å². The predicted octanol–water partition coefficient (Wildman–Crippen LogP) is 6.53. The Morgan fingerprint density at radius 1 is 1.17 bits per heavy atom. The topological polar surface area (TPSA) is 121 Å². The summed E-state index contributed by atoms with van der Waals surface area (Å²) in [6.45, 7) is 4.78. The quantitative estimate of drug-likeness (QED) is 0.216. The first-order chi connectivity index (χ1) is 19.1. The molecule has 4 rings (SSSR count). The number of hydrogen-bond donors (Lipinski definition) is 2. The fraction of sp³-hybridized carbons (Fsp3) is 0.348. The molecule has 9 nitrogen and oxygen atoms in total. The average Bonchev–Trinajstić information content (AvgIpc) is 3.55. The number of carbonyl (C=O) groups is 2. The van der Waals surface area contributed by atoms with Gasteiger partial charge in [0.2, 0.25) is 5.91 Å². The molecule has 4 aromatic heterocycles. The first-order valence-electron chi connectivity index (χ1n) is 11.6. The third-order valence-corrected chi connectivity index (χ3v) is 7.67. The van der Waals surface area contributed by atoms with E-state index in [-0.39, 0.29) is 27.0 Å². The number of anilines is 1. The van der Waals surface area contributed by atoms with Crippen LogP contribution in [-0.4, -0.2) is 36.4 Å². The SMILES string of the molecule is CCn1ncc(-c2cc(C(F)(F)F)nc3sc(C(N)=O)c(NC(=O)C(C)n4nc(C(F)F)c(Cl)c4C(F)F)c23)c1C. The van der Waals surface area contributed by atoms with E-state index in [9.17, 15) is 40.3 Å². The summed E-state index contributed by atoms with van der Waals surface area (Å²) < 4.78 is 97.1. The Bertz CT molecular complexity index is 1660. The predicted molar refractivity (Wildman–Crippen MR) is 135 cm³/mol. The summed E-state index contributed by atoms with van der Waals surface area (Å²) in [6, 6.07) is -0.977. The minimum absolute atomic E-state index is 0.0957. The van der Waals surface area contributed by atoms with Crippen LogP contribution in [0.3, 0.4) is 0 Å². The van der Waals surface area contributed by atoms with Gasteiger partial charge in [0.15, 0.2) is 0 Å². The van der Waals surface area contributed by atoms with Gasteiger partial charge in [-0.2, -0.15) is 23.4 Å². The van der Waals surface area contributed by atoms with E-state index in [1.165, 1.54) is 10.9 Å². The molecule has 0 bridgehead atoms. The highest BCUT2D eigenvalue weighted by Crippen LogP contribution is 2.45. The number of aromatic nitrogens is 5.